The van der Waals surface area contributed by atoms with Crippen LogP contribution >= 0.6 is 0 Å². The number of esters is 1. The fraction of sp³-hybridized carbons (Fsp3) is 0.370. The molecule has 0 bridgehead atoms. The Hall–Kier alpha value is -4.01. The maximum Gasteiger partial charge on any atom is 0.308 e. The molecule has 2 aromatic heterocycles. The van der Waals surface area contributed by atoms with Crippen molar-refractivity contribution in [2.45, 2.75) is 39.5 Å². The zero-order chi connectivity index (χ0) is 25.7. The van der Waals surface area contributed by atoms with Gasteiger partial charge >= 0.3 is 5.97 Å². The molecule has 2 N–H and O–H groups in total. The average Bonchev–Trinajstić information content (AvgIpc) is 2.86. The van der Waals surface area contributed by atoms with Crippen molar-refractivity contribution >= 4 is 17.6 Å². The smallest absolute Gasteiger partial charge is 0.308 e. The van der Waals surface area contributed by atoms with Gasteiger partial charge in [-0.2, -0.15) is 0 Å². The highest BCUT2D eigenvalue weighted by atomic mass is 16.5. The quantitative estimate of drug-likeness (QED) is 0.479. The number of aromatic nitrogens is 3. The van der Waals surface area contributed by atoms with Crippen molar-refractivity contribution in [3.8, 4) is 11.6 Å². The number of primary amides is 1. The molecule has 188 valence electrons. The molecule has 4 rings (SSSR count). The van der Waals surface area contributed by atoms with E-state index < -0.39 is 11.9 Å². The Labute approximate surface area is 210 Å². The third kappa shape index (κ3) is 6.16. The minimum atomic E-state index is -0.737. The molecule has 3 aromatic rings. The number of aryl methyl sites for hydroxylation is 1. The van der Waals surface area contributed by atoms with Crippen molar-refractivity contribution < 1.29 is 19.1 Å². The highest BCUT2D eigenvalue weighted by molar-refractivity contribution is 5.94. The molecular weight excluding hydrogens is 458 g/mol. The minimum absolute atomic E-state index is 0.0419. The highest BCUT2D eigenvalue weighted by Gasteiger charge is 2.24. The molecule has 36 heavy (non-hydrogen) atoms. The van der Waals surface area contributed by atoms with Crippen molar-refractivity contribution in [3.05, 3.63) is 70.9 Å². The van der Waals surface area contributed by atoms with E-state index in [0.29, 0.717) is 29.7 Å². The summed E-state index contributed by atoms with van der Waals surface area (Å²) in [6.07, 6.45) is 5.28. The van der Waals surface area contributed by atoms with Gasteiger partial charge in [0.05, 0.1) is 12.8 Å². The number of carbonyl (C=O) groups excluding carboxylic acids is 2. The van der Waals surface area contributed by atoms with Crippen LogP contribution in [0.25, 0.3) is 0 Å². The average molecular weight is 490 g/mol. The van der Waals surface area contributed by atoms with Crippen LogP contribution in [0.2, 0.25) is 0 Å². The third-order valence-electron chi connectivity index (χ3n) is 6.36. The molecule has 0 spiro atoms. The van der Waals surface area contributed by atoms with Crippen molar-refractivity contribution in [2.75, 3.05) is 25.1 Å². The number of benzene rings is 1. The van der Waals surface area contributed by atoms with Crippen LogP contribution in [0.3, 0.4) is 0 Å². The van der Waals surface area contributed by atoms with Gasteiger partial charge in [-0.15, -0.1) is 0 Å². The number of pyridine rings is 1. The molecule has 1 aliphatic rings. The number of nitrogens with two attached hydrogens (primary N) is 1. The summed E-state index contributed by atoms with van der Waals surface area (Å²) in [6, 6.07) is 12.6. The van der Waals surface area contributed by atoms with E-state index in [1.54, 1.807) is 14.0 Å². The summed E-state index contributed by atoms with van der Waals surface area (Å²) in [5.74, 6) is 0.317. The van der Waals surface area contributed by atoms with Gasteiger partial charge in [-0.25, -0.2) is 15.0 Å². The van der Waals surface area contributed by atoms with Crippen LogP contribution in [0.5, 0.6) is 11.6 Å². The molecule has 1 fully saturated rings. The Morgan fingerprint density at radius 3 is 2.33 bits per heavy atom. The van der Waals surface area contributed by atoms with Crippen LogP contribution in [-0.4, -0.2) is 47.0 Å². The highest BCUT2D eigenvalue weighted by Crippen LogP contribution is 2.27. The second-order valence-electron chi connectivity index (χ2n) is 9.05. The van der Waals surface area contributed by atoms with Gasteiger partial charge < -0.3 is 20.1 Å². The van der Waals surface area contributed by atoms with E-state index in [0.717, 1.165) is 37.9 Å². The van der Waals surface area contributed by atoms with Gasteiger partial charge in [0.1, 0.15) is 5.82 Å². The summed E-state index contributed by atoms with van der Waals surface area (Å²) < 4.78 is 10.2. The number of ether oxygens (including phenoxy) is 2. The van der Waals surface area contributed by atoms with E-state index in [4.69, 9.17) is 15.2 Å². The Morgan fingerprint density at radius 1 is 1.06 bits per heavy atom. The summed E-state index contributed by atoms with van der Waals surface area (Å²) >= 11 is 0. The van der Waals surface area contributed by atoms with Crippen LogP contribution in [0.1, 0.15) is 52.9 Å². The Kier molecular flexibility index (Phi) is 7.77. The molecule has 3 heterocycles. The van der Waals surface area contributed by atoms with Crippen molar-refractivity contribution in [1.82, 2.24) is 15.0 Å². The van der Waals surface area contributed by atoms with Crippen LogP contribution in [0, 0.1) is 12.8 Å². The maximum absolute atomic E-state index is 11.9. The first kappa shape index (κ1) is 25.1. The number of piperidine rings is 1. The zero-order valence-corrected chi connectivity index (χ0v) is 20.9. The lowest BCUT2D eigenvalue weighted by Crippen LogP contribution is -2.34. The van der Waals surface area contributed by atoms with Crippen LogP contribution in [0.15, 0.2) is 42.6 Å². The van der Waals surface area contributed by atoms with Gasteiger partial charge in [-0.05, 0) is 55.4 Å². The lowest BCUT2D eigenvalue weighted by molar-refractivity contribution is -0.132. The molecule has 0 radical (unpaired) electrons. The summed E-state index contributed by atoms with van der Waals surface area (Å²) in [5, 5.41) is 0. The van der Waals surface area contributed by atoms with E-state index in [1.807, 2.05) is 18.3 Å². The standard InChI is InChI=1S/C27H31N5O4/c1-17-26(36-18(2)33)25(27(28)34)31-23(30-17)15-20-10-12-32(13-11-20)22-7-4-19(5-8-22)14-21-6-9-24(35-3)29-16-21/h4-9,16,20H,10-15H2,1-3H3,(H2,28,34). The Bertz CT molecular complexity index is 1220. The molecule has 0 atom stereocenters. The van der Waals surface area contributed by atoms with Crippen LogP contribution < -0.4 is 20.1 Å². The van der Waals surface area contributed by atoms with E-state index in [2.05, 4.69) is 44.1 Å². The van der Waals surface area contributed by atoms with Gasteiger partial charge in [0, 0.05) is 44.4 Å². The molecular formula is C27H31N5O4. The predicted octanol–water partition coefficient (Wildman–Crippen LogP) is 3.26. The summed E-state index contributed by atoms with van der Waals surface area (Å²) in [7, 11) is 1.61. The summed E-state index contributed by atoms with van der Waals surface area (Å²) in [4.78, 5) is 38.7. The van der Waals surface area contributed by atoms with Crippen molar-refractivity contribution in [3.63, 3.8) is 0 Å². The van der Waals surface area contributed by atoms with Gasteiger partial charge in [0.25, 0.3) is 5.91 Å². The minimum Gasteiger partial charge on any atom is -0.481 e. The summed E-state index contributed by atoms with van der Waals surface area (Å²) in [6.45, 7) is 4.81. The van der Waals surface area contributed by atoms with Gasteiger partial charge in [-0.1, -0.05) is 18.2 Å². The molecule has 0 unspecified atom stereocenters. The number of nitrogens with zero attached hydrogens (tertiary/aromatic N) is 4. The molecule has 0 aliphatic carbocycles. The van der Waals surface area contributed by atoms with E-state index in [9.17, 15) is 9.59 Å². The lowest BCUT2D eigenvalue weighted by atomic mass is 9.92. The number of anilines is 1. The van der Waals surface area contributed by atoms with Crippen LogP contribution in [-0.2, 0) is 17.6 Å². The number of hydrogen-bond donors (Lipinski definition) is 1. The number of amides is 1. The lowest BCUT2D eigenvalue weighted by Gasteiger charge is -2.33. The first-order chi connectivity index (χ1) is 17.3. The molecule has 1 amide bonds. The monoisotopic (exact) mass is 489 g/mol. The SMILES string of the molecule is COc1ccc(Cc2ccc(N3CCC(Cc4nc(C)c(OC(C)=O)c(C(N)=O)n4)CC3)cc2)cn1. The first-order valence-corrected chi connectivity index (χ1v) is 12.0. The largest absolute Gasteiger partial charge is 0.481 e. The number of hydrogen-bond acceptors (Lipinski definition) is 8. The van der Waals surface area contributed by atoms with Crippen LogP contribution in [0.4, 0.5) is 5.69 Å². The van der Waals surface area contributed by atoms with Crippen molar-refractivity contribution in [2.24, 2.45) is 11.7 Å². The fourth-order valence-corrected chi connectivity index (χ4v) is 4.49. The predicted molar refractivity (Wildman–Crippen MR) is 135 cm³/mol. The topological polar surface area (TPSA) is 121 Å². The second kappa shape index (κ2) is 11.2. The number of carbonyl (C=O) groups is 2. The second-order valence-corrected chi connectivity index (χ2v) is 9.05. The molecule has 1 saturated heterocycles. The first-order valence-electron chi connectivity index (χ1n) is 12.0. The van der Waals surface area contributed by atoms with Gasteiger partial charge in [0.15, 0.2) is 11.4 Å². The molecule has 1 aromatic carbocycles. The molecule has 1 aliphatic heterocycles. The van der Waals surface area contributed by atoms with Gasteiger partial charge in [0.2, 0.25) is 5.88 Å². The molecule has 9 heteroatoms. The van der Waals surface area contributed by atoms with Crippen molar-refractivity contribution in [1.29, 1.82) is 0 Å². The van der Waals surface area contributed by atoms with E-state index in [-0.39, 0.29) is 11.4 Å². The maximum atomic E-state index is 11.9. The zero-order valence-electron chi connectivity index (χ0n) is 20.9. The Morgan fingerprint density at radius 2 is 1.75 bits per heavy atom. The van der Waals surface area contributed by atoms with E-state index in [1.165, 1.54) is 18.2 Å². The van der Waals surface area contributed by atoms with E-state index >= 15 is 0 Å². The molecule has 0 saturated carbocycles. The number of methoxy groups -OCH3 is 1. The molecule has 9 nitrogen and oxygen atoms in total. The Balaban J connectivity index is 1.34. The number of rotatable bonds is 8. The van der Waals surface area contributed by atoms with Gasteiger partial charge in [-0.3, -0.25) is 9.59 Å². The fourth-order valence-electron chi connectivity index (χ4n) is 4.49. The third-order valence-corrected chi connectivity index (χ3v) is 6.36. The summed E-state index contributed by atoms with van der Waals surface area (Å²) in [5.41, 5.74) is 9.45. The normalized spacial score (nSPS) is 13.9.